The number of amides is 1. The number of esters is 1. The van der Waals surface area contributed by atoms with Gasteiger partial charge in [0.05, 0.1) is 25.4 Å². The third-order valence-corrected chi connectivity index (χ3v) is 4.68. The van der Waals surface area contributed by atoms with E-state index >= 15 is 0 Å². The molecule has 9 heteroatoms. The van der Waals surface area contributed by atoms with Gasteiger partial charge < -0.3 is 19.7 Å². The highest BCUT2D eigenvalue weighted by Gasteiger charge is 2.20. The number of hydrogen-bond acceptors (Lipinski definition) is 7. The highest BCUT2D eigenvalue weighted by Crippen LogP contribution is 2.14. The summed E-state index contributed by atoms with van der Waals surface area (Å²) in [5.74, 6) is -0.295. The number of carbonyl (C=O) groups is 2. The zero-order chi connectivity index (χ0) is 21.5. The van der Waals surface area contributed by atoms with Crippen molar-refractivity contribution in [2.24, 2.45) is 0 Å². The number of aryl methyl sites for hydroxylation is 1. The maximum atomic E-state index is 12.7. The fourth-order valence-electron chi connectivity index (χ4n) is 3.12. The Morgan fingerprint density at radius 3 is 2.50 bits per heavy atom. The van der Waals surface area contributed by atoms with Gasteiger partial charge in [-0.25, -0.2) is 9.78 Å². The number of hydrogen-bond donors (Lipinski definition) is 1. The molecule has 1 aromatic carbocycles. The number of morpholine rings is 1. The van der Waals surface area contributed by atoms with Crippen LogP contribution in [-0.4, -0.2) is 54.3 Å². The van der Waals surface area contributed by atoms with Crippen molar-refractivity contribution in [3.05, 3.63) is 51.9 Å². The summed E-state index contributed by atoms with van der Waals surface area (Å²) in [6.07, 6.45) is 0.631. The van der Waals surface area contributed by atoms with Crippen molar-refractivity contribution in [1.82, 2.24) is 9.55 Å². The quantitative estimate of drug-likeness (QED) is 0.684. The summed E-state index contributed by atoms with van der Waals surface area (Å²) in [5, 5.41) is 2.75. The van der Waals surface area contributed by atoms with Crippen LogP contribution < -0.4 is 15.8 Å². The number of benzene rings is 1. The van der Waals surface area contributed by atoms with Crippen LogP contribution in [0.1, 0.15) is 29.9 Å². The Hall–Kier alpha value is -3.20. The summed E-state index contributed by atoms with van der Waals surface area (Å²) < 4.78 is 11.7. The van der Waals surface area contributed by atoms with E-state index in [2.05, 4.69) is 10.3 Å². The van der Waals surface area contributed by atoms with Gasteiger partial charge >= 0.3 is 5.97 Å². The molecule has 0 saturated carbocycles. The molecule has 0 unspecified atom stereocenters. The SMILES string of the molecule is CCOC(=O)c1ccc(NC(=O)Cn2c(N3CCOCC3)nc(CC)cc2=O)cc1. The van der Waals surface area contributed by atoms with E-state index in [1.807, 2.05) is 11.8 Å². The summed E-state index contributed by atoms with van der Waals surface area (Å²) in [4.78, 5) is 43.6. The van der Waals surface area contributed by atoms with E-state index in [-0.39, 0.29) is 18.0 Å². The predicted molar refractivity (Wildman–Crippen MR) is 112 cm³/mol. The van der Waals surface area contributed by atoms with Crippen LogP contribution in [-0.2, 0) is 27.2 Å². The van der Waals surface area contributed by atoms with E-state index in [1.165, 1.54) is 10.6 Å². The fraction of sp³-hybridized carbons (Fsp3) is 0.429. The number of anilines is 2. The average molecular weight is 414 g/mol. The smallest absolute Gasteiger partial charge is 0.338 e. The molecule has 0 aliphatic carbocycles. The number of rotatable bonds is 7. The monoisotopic (exact) mass is 414 g/mol. The van der Waals surface area contributed by atoms with Crippen molar-refractivity contribution in [2.45, 2.75) is 26.8 Å². The van der Waals surface area contributed by atoms with Crippen LogP contribution in [0.5, 0.6) is 0 Å². The molecule has 1 fully saturated rings. The van der Waals surface area contributed by atoms with Crippen LogP contribution >= 0.6 is 0 Å². The van der Waals surface area contributed by atoms with Crippen molar-refractivity contribution in [3.8, 4) is 0 Å². The van der Waals surface area contributed by atoms with E-state index in [0.717, 1.165) is 0 Å². The Balaban J connectivity index is 1.76. The first-order valence-electron chi connectivity index (χ1n) is 10.0. The highest BCUT2D eigenvalue weighted by molar-refractivity contribution is 5.93. The van der Waals surface area contributed by atoms with Crippen molar-refractivity contribution in [3.63, 3.8) is 0 Å². The number of aromatic nitrogens is 2. The van der Waals surface area contributed by atoms with Gasteiger partial charge in [0.1, 0.15) is 6.54 Å². The van der Waals surface area contributed by atoms with Crippen molar-refractivity contribution >= 4 is 23.5 Å². The lowest BCUT2D eigenvalue weighted by molar-refractivity contribution is -0.116. The first-order valence-corrected chi connectivity index (χ1v) is 10.0. The van der Waals surface area contributed by atoms with Gasteiger partial charge in [-0.15, -0.1) is 0 Å². The lowest BCUT2D eigenvalue weighted by atomic mass is 10.2. The van der Waals surface area contributed by atoms with Crippen molar-refractivity contribution in [1.29, 1.82) is 0 Å². The van der Waals surface area contributed by atoms with E-state index in [4.69, 9.17) is 9.47 Å². The Bertz CT molecular complexity index is 949. The molecule has 1 aliphatic rings. The lowest BCUT2D eigenvalue weighted by Gasteiger charge is -2.29. The second kappa shape index (κ2) is 10.0. The molecule has 160 valence electrons. The summed E-state index contributed by atoms with van der Waals surface area (Å²) in [6.45, 7) is 6.11. The summed E-state index contributed by atoms with van der Waals surface area (Å²) in [7, 11) is 0. The molecule has 1 saturated heterocycles. The topological polar surface area (TPSA) is 103 Å². The van der Waals surface area contributed by atoms with E-state index in [0.29, 0.717) is 62.2 Å². The van der Waals surface area contributed by atoms with E-state index in [9.17, 15) is 14.4 Å². The fourth-order valence-corrected chi connectivity index (χ4v) is 3.12. The molecule has 2 aromatic rings. The van der Waals surface area contributed by atoms with Gasteiger partial charge in [0.25, 0.3) is 5.56 Å². The summed E-state index contributed by atoms with van der Waals surface area (Å²) >= 11 is 0. The zero-order valence-corrected chi connectivity index (χ0v) is 17.2. The average Bonchev–Trinajstić information content (AvgIpc) is 2.76. The van der Waals surface area contributed by atoms with E-state index < -0.39 is 5.97 Å². The zero-order valence-electron chi connectivity index (χ0n) is 17.2. The van der Waals surface area contributed by atoms with Gasteiger partial charge in [-0.3, -0.25) is 14.2 Å². The number of nitrogens with one attached hydrogen (secondary N) is 1. The van der Waals surface area contributed by atoms with Gasteiger partial charge in [0.15, 0.2) is 0 Å². The summed E-state index contributed by atoms with van der Waals surface area (Å²) in [6, 6.07) is 7.86. The van der Waals surface area contributed by atoms with Gasteiger partial charge in [-0.2, -0.15) is 0 Å². The molecule has 0 bridgehead atoms. The van der Waals surface area contributed by atoms with Crippen LogP contribution in [0.15, 0.2) is 35.1 Å². The van der Waals surface area contributed by atoms with Gasteiger partial charge in [-0.1, -0.05) is 6.92 Å². The molecule has 30 heavy (non-hydrogen) atoms. The molecule has 9 nitrogen and oxygen atoms in total. The molecule has 0 atom stereocenters. The molecular weight excluding hydrogens is 388 g/mol. The Morgan fingerprint density at radius 2 is 1.87 bits per heavy atom. The van der Waals surface area contributed by atoms with E-state index in [1.54, 1.807) is 31.2 Å². The maximum absolute atomic E-state index is 12.7. The minimum absolute atomic E-state index is 0.165. The third-order valence-electron chi connectivity index (χ3n) is 4.68. The molecule has 1 N–H and O–H groups in total. The van der Waals surface area contributed by atoms with Crippen LogP contribution in [0.3, 0.4) is 0 Å². The normalized spacial score (nSPS) is 13.7. The Morgan fingerprint density at radius 1 is 1.17 bits per heavy atom. The van der Waals surface area contributed by atoms with Crippen molar-refractivity contribution in [2.75, 3.05) is 43.1 Å². The van der Waals surface area contributed by atoms with Crippen LogP contribution in [0.4, 0.5) is 11.6 Å². The number of ether oxygens (including phenoxy) is 2. The lowest BCUT2D eigenvalue weighted by Crippen LogP contribution is -2.42. The molecule has 0 radical (unpaired) electrons. The molecular formula is C21H26N4O5. The third kappa shape index (κ3) is 5.24. The molecule has 3 rings (SSSR count). The molecule has 1 aromatic heterocycles. The molecule has 0 spiro atoms. The Kier molecular flexibility index (Phi) is 7.18. The second-order valence-corrected chi connectivity index (χ2v) is 6.77. The molecule has 2 heterocycles. The first kappa shape index (κ1) is 21.5. The number of carbonyl (C=O) groups excluding carboxylic acids is 2. The van der Waals surface area contributed by atoms with Gasteiger partial charge in [0.2, 0.25) is 11.9 Å². The minimum atomic E-state index is -0.417. The summed E-state index contributed by atoms with van der Waals surface area (Å²) in [5.41, 5.74) is 1.34. The second-order valence-electron chi connectivity index (χ2n) is 6.77. The van der Waals surface area contributed by atoms with Gasteiger partial charge in [0, 0.05) is 30.5 Å². The van der Waals surface area contributed by atoms with Crippen LogP contribution in [0.2, 0.25) is 0 Å². The van der Waals surface area contributed by atoms with Crippen molar-refractivity contribution < 1.29 is 19.1 Å². The first-order chi connectivity index (χ1) is 14.5. The predicted octanol–water partition coefficient (Wildman–Crippen LogP) is 1.46. The molecule has 1 aliphatic heterocycles. The highest BCUT2D eigenvalue weighted by atomic mass is 16.5. The minimum Gasteiger partial charge on any atom is -0.462 e. The maximum Gasteiger partial charge on any atom is 0.338 e. The van der Waals surface area contributed by atoms with Crippen LogP contribution in [0, 0.1) is 0 Å². The standard InChI is InChI=1S/C21H26N4O5/c1-3-16-13-19(27)25(21(23-16)24-9-11-29-12-10-24)14-18(26)22-17-7-5-15(6-8-17)20(28)30-4-2/h5-8,13H,3-4,9-12,14H2,1-2H3,(H,22,26). The number of nitrogens with zero attached hydrogens (tertiary/aromatic N) is 3. The largest absolute Gasteiger partial charge is 0.462 e. The Labute approximate surface area is 174 Å². The molecule has 1 amide bonds. The van der Waals surface area contributed by atoms with Gasteiger partial charge in [-0.05, 0) is 37.6 Å². The van der Waals surface area contributed by atoms with Crippen LogP contribution in [0.25, 0.3) is 0 Å².